The van der Waals surface area contributed by atoms with Gasteiger partial charge in [0.05, 0.1) is 11.6 Å². The second kappa shape index (κ2) is 10.0. The topological polar surface area (TPSA) is 72.5 Å². The third-order valence-corrected chi connectivity index (χ3v) is 5.06. The van der Waals surface area contributed by atoms with Crippen molar-refractivity contribution >= 4 is 29.3 Å². The Hall–Kier alpha value is -3.44. The molecule has 0 aromatic heterocycles. The van der Waals surface area contributed by atoms with Crippen LogP contribution >= 0.6 is 11.6 Å². The molecule has 3 rings (SSSR count). The molecule has 5 nitrogen and oxygen atoms in total. The first kappa shape index (κ1) is 22.2. The molecule has 1 N–H and O–H groups in total. The molecular weight excluding hydrogens is 414 g/mol. The lowest BCUT2D eigenvalue weighted by molar-refractivity contribution is -0.129. The molecule has 0 fully saturated rings. The van der Waals surface area contributed by atoms with Crippen LogP contribution in [0, 0.1) is 0 Å². The quantitative estimate of drug-likeness (QED) is 0.419. The molecule has 0 aliphatic carbocycles. The van der Waals surface area contributed by atoms with E-state index in [-0.39, 0.29) is 23.0 Å². The van der Waals surface area contributed by atoms with Gasteiger partial charge in [0.1, 0.15) is 0 Å². The first-order valence-corrected chi connectivity index (χ1v) is 10.2. The van der Waals surface area contributed by atoms with Gasteiger partial charge in [0.15, 0.2) is 11.9 Å². The van der Waals surface area contributed by atoms with Crippen LogP contribution in [0.1, 0.15) is 51.7 Å². The molecule has 0 heterocycles. The molecule has 3 aromatic rings. The van der Waals surface area contributed by atoms with Crippen LogP contribution in [0.4, 0.5) is 0 Å². The van der Waals surface area contributed by atoms with Gasteiger partial charge < -0.3 is 10.1 Å². The summed E-state index contributed by atoms with van der Waals surface area (Å²) in [5.74, 6) is -1.50. The molecule has 3 aromatic carbocycles. The summed E-state index contributed by atoms with van der Waals surface area (Å²) >= 11 is 5.88. The smallest absolute Gasteiger partial charge is 0.339 e. The van der Waals surface area contributed by atoms with Crippen LogP contribution in [-0.2, 0) is 9.53 Å². The van der Waals surface area contributed by atoms with Gasteiger partial charge in [-0.1, -0.05) is 60.1 Å². The van der Waals surface area contributed by atoms with Crippen molar-refractivity contribution in [2.45, 2.75) is 26.0 Å². The molecule has 0 bridgehead atoms. The molecule has 0 radical (unpaired) electrons. The van der Waals surface area contributed by atoms with Crippen molar-refractivity contribution in [2.24, 2.45) is 0 Å². The number of ether oxygens (including phenoxy) is 1. The molecule has 0 aliphatic heterocycles. The summed E-state index contributed by atoms with van der Waals surface area (Å²) in [6, 6.07) is 22.0. The third-order valence-electron chi connectivity index (χ3n) is 4.81. The van der Waals surface area contributed by atoms with Crippen LogP contribution in [0.5, 0.6) is 0 Å². The molecule has 2 atom stereocenters. The van der Waals surface area contributed by atoms with E-state index in [9.17, 15) is 14.4 Å². The zero-order valence-corrected chi connectivity index (χ0v) is 17.9. The molecule has 1 amide bonds. The number of rotatable bonds is 7. The first-order chi connectivity index (χ1) is 14.9. The van der Waals surface area contributed by atoms with E-state index in [0.717, 1.165) is 5.56 Å². The lowest BCUT2D eigenvalue weighted by Gasteiger charge is -2.18. The predicted octanol–water partition coefficient (Wildman–Crippen LogP) is 4.99. The van der Waals surface area contributed by atoms with Crippen molar-refractivity contribution in [1.29, 1.82) is 0 Å². The van der Waals surface area contributed by atoms with E-state index < -0.39 is 18.0 Å². The Labute approximate surface area is 186 Å². The predicted molar refractivity (Wildman–Crippen MR) is 119 cm³/mol. The number of carbonyl (C=O) groups excluding carboxylic acids is 3. The van der Waals surface area contributed by atoms with Gasteiger partial charge in [-0.2, -0.15) is 0 Å². The number of amides is 1. The van der Waals surface area contributed by atoms with Gasteiger partial charge in [0, 0.05) is 16.1 Å². The number of hydrogen-bond acceptors (Lipinski definition) is 4. The van der Waals surface area contributed by atoms with Gasteiger partial charge in [-0.25, -0.2) is 4.79 Å². The molecular formula is C25H22ClNO4. The molecule has 2 unspecified atom stereocenters. The standard InChI is InChI=1S/C25H22ClNO4/c1-16(18-8-4-3-5-9-18)27-24(29)17(2)31-25(30)22-11-7-6-10-21(22)23(28)19-12-14-20(26)15-13-19/h3-17H,1-2H3,(H,27,29). The SMILES string of the molecule is CC(OC(=O)c1ccccc1C(=O)c1ccc(Cl)cc1)C(=O)NC(C)c1ccccc1. The highest BCUT2D eigenvalue weighted by Gasteiger charge is 2.24. The van der Waals surface area contributed by atoms with E-state index in [1.54, 1.807) is 42.5 Å². The van der Waals surface area contributed by atoms with E-state index in [2.05, 4.69) is 5.32 Å². The lowest BCUT2D eigenvalue weighted by Crippen LogP contribution is -2.37. The van der Waals surface area contributed by atoms with Gasteiger partial charge in [-0.15, -0.1) is 0 Å². The highest BCUT2D eigenvalue weighted by Crippen LogP contribution is 2.19. The van der Waals surface area contributed by atoms with Crippen LogP contribution in [0.2, 0.25) is 5.02 Å². The molecule has 6 heteroatoms. The fourth-order valence-electron chi connectivity index (χ4n) is 3.05. The minimum Gasteiger partial charge on any atom is -0.449 e. The van der Waals surface area contributed by atoms with Crippen LogP contribution in [-0.4, -0.2) is 23.8 Å². The fourth-order valence-corrected chi connectivity index (χ4v) is 3.18. The highest BCUT2D eigenvalue weighted by molar-refractivity contribution is 6.30. The van der Waals surface area contributed by atoms with Crippen molar-refractivity contribution in [3.05, 3.63) is 106 Å². The number of carbonyl (C=O) groups is 3. The van der Waals surface area contributed by atoms with E-state index >= 15 is 0 Å². The van der Waals surface area contributed by atoms with Crippen molar-refractivity contribution < 1.29 is 19.1 Å². The van der Waals surface area contributed by atoms with Crippen molar-refractivity contribution in [1.82, 2.24) is 5.32 Å². The van der Waals surface area contributed by atoms with E-state index in [0.29, 0.717) is 10.6 Å². The summed E-state index contributed by atoms with van der Waals surface area (Å²) in [4.78, 5) is 38.1. The number of hydrogen-bond donors (Lipinski definition) is 1. The Kier molecular flexibility index (Phi) is 7.21. The van der Waals surface area contributed by atoms with E-state index in [4.69, 9.17) is 16.3 Å². The second-order valence-electron chi connectivity index (χ2n) is 7.07. The van der Waals surface area contributed by atoms with Crippen LogP contribution in [0.3, 0.4) is 0 Å². The van der Waals surface area contributed by atoms with Gasteiger partial charge in [-0.3, -0.25) is 9.59 Å². The third kappa shape index (κ3) is 5.58. The normalized spacial score (nSPS) is 12.5. The van der Waals surface area contributed by atoms with Crippen molar-refractivity contribution in [2.75, 3.05) is 0 Å². The zero-order valence-electron chi connectivity index (χ0n) is 17.2. The van der Waals surface area contributed by atoms with Gasteiger partial charge in [-0.05, 0) is 49.7 Å². The maximum Gasteiger partial charge on any atom is 0.339 e. The van der Waals surface area contributed by atoms with Gasteiger partial charge >= 0.3 is 5.97 Å². The fraction of sp³-hybridized carbons (Fsp3) is 0.160. The first-order valence-electron chi connectivity index (χ1n) is 9.82. The molecule has 31 heavy (non-hydrogen) atoms. The number of esters is 1. The van der Waals surface area contributed by atoms with Crippen LogP contribution in [0.15, 0.2) is 78.9 Å². The van der Waals surface area contributed by atoms with E-state index in [1.165, 1.54) is 13.0 Å². The largest absolute Gasteiger partial charge is 0.449 e. The summed E-state index contributed by atoms with van der Waals surface area (Å²) in [5, 5.41) is 3.33. The molecule has 0 saturated heterocycles. The maximum absolute atomic E-state index is 12.9. The minimum atomic E-state index is -1.03. The Morgan fingerprint density at radius 1 is 0.806 bits per heavy atom. The second-order valence-corrected chi connectivity index (χ2v) is 7.51. The summed E-state index contributed by atoms with van der Waals surface area (Å²) in [7, 11) is 0. The Balaban J connectivity index is 1.71. The molecule has 0 saturated carbocycles. The maximum atomic E-state index is 12.9. The monoisotopic (exact) mass is 435 g/mol. The van der Waals surface area contributed by atoms with Crippen LogP contribution < -0.4 is 5.32 Å². The van der Waals surface area contributed by atoms with Gasteiger partial charge in [0.25, 0.3) is 5.91 Å². The van der Waals surface area contributed by atoms with Crippen LogP contribution in [0.25, 0.3) is 0 Å². The van der Waals surface area contributed by atoms with Crippen molar-refractivity contribution in [3.8, 4) is 0 Å². The molecule has 0 spiro atoms. The minimum absolute atomic E-state index is 0.0956. The summed E-state index contributed by atoms with van der Waals surface area (Å²) in [6.07, 6.45) is -1.03. The number of ketones is 1. The van der Waals surface area contributed by atoms with Gasteiger partial charge in [0.2, 0.25) is 0 Å². The zero-order chi connectivity index (χ0) is 22.4. The number of halogens is 1. The summed E-state index contributed by atoms with van der Waals surface area (Å²) < 4.78 is 5.36. The number of nitrogens with one attached hydrogen (secondary N) is 1. The Morgan fingerprint density at radius 3 is 2.03 bits per heavy atom. The lowest BCUT2D eigenvalue weighted by atomic mass is 9.98. The van der Waals surface area contributed by atoms with Crippen molar-refractivity contribution in [3.63, 3.8) is 0 Å². The highest BCUT2D eigenvalue weighted by atomic mass is 35.5. The Bertz CT molecular complexity index is 1080. The summed E-state index contributed by atoms with van der Waals surface area (Å²) in [5.41, 5.74) is 1.62. The average molecular weight is 436 g/mol. The number of benzene rings is 3. The average Bonchev–Trinajstić information content (AvgIpc) is 2.79. The molecule has 158 valence electrons. The Morgan fingerprint density at radius 2 is 1.39 bits per heavy atom. The van der Waals surface area contributed by atoms with E-state index in [1.807, 2.05) is 37.3 Å². The summed E-state index contributed by atoms with van der Waals surface area (Å²) in [6.45, 7) is 3.34. The molecule has 0 aliphatic rings.